The molecule has 0 aliphatic carbocycles. The Labute approximate surface area is 141 Å². The van der Waals surface area contributed by atoms with E-state index in [4.69, 9.17) is 9.47 Å². The second-order valence-electron chi connectivity index (χ2n) is 5.22. The van der Waals surface area contributed by atoms with Crippen LogP contribution in [0.2, 0.25) is 0 Å². The predicted molar refractivity (Wildman–Crippen MR) is 94.9 cm³/mol. The van der Waals surface area contributed by atoms with Gasteiger partial charge < -0.3 is 14.8 Å². The summed E-state index contributed by atoms with van der Waals surface area (Å²) in [6.45, 7) is 3.89. The molecular formula is C18H21NO3S. The molecule has 0 radical (unpaired) electrons. The zero-order chi connectivity index (χ0) is 16.8. The number of benzene rings is 2. The summed E-state index contributed by atoms with van der Waals surface area (Å²) in [5, 5.41) is 2.90. The normalized spacial score (nSPS) is 10.5. The van der Waals surface area contributed by atoms with Crippen LogP contribution < -0.4 is 14.8 Å². The van der Waals surface area contributed by atoms with Crippen molar-refractivity contribution in [3.63, 3.8) is 0 Å². The van der Waals surface area contributed by atoms with E-state index in [-0.39, 0.29) is 12.0 Å². The molecule has 0 aliphatic rings. The third-order valence-electron chi connectivity index (χ3n) is 3.12. The van der Waals surface area contributed by atoms with Crippen LogP contribution in [0.25, 0.3) is 0 Å². The largest absolute Gasteiger partial charge is 0.493 e. The maximum atomic E-state index is 12.4. The highest BCUT2D eigenvalue weighted by molar-refractivity contribution is 7.98. The minimum Gasteiger partial charge on any atom is -0.493 e. The van der Waals surface area contributed by atoms with Gasteiger partial charge in [0, 0.05) is 16.1 Å². The third kappa shape index (κ3) is 4.66. The Morgan fingerprint density at radius 3 is 2.57 bits per heavy atom. The van der Waals surface area contributed by atoms with Gasteiger partial charge in [-0.05, 0) is 56.5 Å². The van der Waals surface area contributed by atoms with Crippen LogP contribution in [0.15, 0.2) is 47.4 Å². The van der Waals surface area contributed by atoms with Crippen molar-refractivity contribution in [2.75, 3.05) is 18.7 Å². The number of methoxy groups -OCH3 is 1. The molecule has 0 spiro atoms. The number of thioether (sulfide) groups is 1. The first-order valence-corrected chi connectivity index (χ1v) is 8.56. The standard InChI is InChI=1S/C18H21NO3S/c1-12(2)22-16-9-8-13(10-17(16)21-3)18(20)19-14-6-5-7-15(11-14)23-4/h5-12H,1-4H3,(H,19,20). The molecule has 1 amide bonds. The number of amides is 1. The fourth-order valence-corrected chi connectivity index (χ4v) is 2.52. The van der Waals surface area contributed by atoms with Gasteiger partial charge in [-0.2, -0.15) is 0 Å². The second kappa shape index (κ2) is 7.92. The summed E-state index contributed by atoms with van der Waals surface area (Å²) in [4.78, 5) is 13.5. The lowest BCUT2D eigenvalue weighted by Gasteiger charge is -2.14. The molecule has 2 aromatic rings. The maximum Gasteiger partial charge on any atom is 0.255 e. The van der Waals surface area contributed by atoms with Gasteiger partial charge in [0.2, 0.25) is 0 Å². The molecular weight excluding hydrogens is 310 g/mol. The first kappa shape index (κ1) is 17.2. The Hall–Kier alpha value is -2.14. The van der Waals surface area contributed by atoms with Gasteiger partial charge in [-0.25, -0.2) is 0 Å². The Bertz CT molecular complexity index is 686. The van der Waals surface area contributed by atoms with Crippen LogP contribution in [0.3, 0.4) is 0 Å². The molecule has 0 atom stereocenters. The number of nitrogens with one attached hydrogen (secondary N) is 1. The lowest BCUT2D eigenvalue weighted by Crippen LogP contribution is -2.13. The molecule has 1 N–H and O–H groups in total. The second-order valence-corrected chi connectivity index (χ2v) is 6.10. The molecule has 4 nitrogen and oxygen atoms in total. The maximum absolute atomic E-state index is 12.4. The summed E-state index contributed by atoms with van der Waals surface area (Å²) in [5.74, 6) is 0.991. The van der Waals surface area contributed by atoms with Gasteiger partial charge >= 0.3 is 0 Å². The van der Waals surface area contributed by atoms with Crippen molar-refractivity contribution in [1.82, 2.24) is 0 Å². The lowest BCUT2D eigenvalue weighted by atomic mass is 10.1. The minimum absolute atomic E-state index is 0.0397. The molecule has 0 saturated heterocycles. The van der Waals surface area contributed by atoms with E-state index in [2.05, 4.69) is 5.32 Å². The molecule has 2 rings (SSSR count). The monoisotopic (exact) mass is 331 g/mol. The van der Waals surface area contributed by atoms with Gasteiger partial charge in [0.25, 0.3) is 5.91 Å². The summed E-state index contributed by atoms with van der Waals surface area (Å²) >= 11 is 1.63. The van der Waals surface area contributed by atoms with Crippen LogP contribution in [0.4, 0.5) is 5.69 Å². The van der Waals surface area contributed by atoms with Crippen molar-refractivity contribution >= 4 is 23.4 Å². The van der Waals surface area contributed by atoms with E-state index in [0.717, 1.165) is 10.6 Å². The van der Waals surface area contributed by atoms with Crippen molar-refractivity contribution in [2.45, 2.75) is 24.8 Å². The van der Waals surface area contributed by atoms with E-state index in [1.54, 1.807) is 37.1 Å². The molecule has 0 aromatic heterocycles. The Morgan fingerprint density at radius 2 is 1.91 bits per heavy atom. The number of carbonyl (C=O) groups is 1. The number of anilines is 1. The average Bonchev–Trinajstić information content (AvgIpc) is 2.54. The van der Waals surface area contributed by atoms with E-state index in [1.807, 2.05) is 44.4 Å². The number of rotatable bonds is 6. The Morgan fingerprint density at radius 1 is 1.13 bits per heavy atom. The molecule has 2 aromatic carbocycles. The first-order valence-electron chi connectivity index (χ1n) is 7.33. The quantitative estimate of drug-likeness (QED) is 0.794. The van der Waals surface area contributed by atoms with E-state index in [0.29, 0.717) is 17.1 Å². The fourth-order valence-electron chi connectivity index (χ4n) is 2.06. The van der Waals surface area contributed by atoms with Crippen molar-refractivity contribution in [2.24, 2.45) is 0 Å². The van der Waals surface area contributed by atoms with Crippen LogP contribution in [0, 0.1) is 0 Å². The molecule has 0 fully saturated rings. The SMILES string of the molecule is COc1cc(C(=O)Nc2cccc(SC)c2)ccc1OC(C)C. The zero-order valence-electron chi connectivity index (χ0n) is 13.8. The third-order valence-corrected chi connectivity index (χ3v) is 3.84. The summed E-state index contributed by atoms with van der Waals surface area (Å²) in [7, 11) is 1.56. The summed E-state index contributed by atoms with van der Waals surface area (Å²) < 4.78 is 11.0. The molecule has 5 heteroatoms. The topological polar surface area (TPSA) is 47.6 Å². The van der Waals surface area contributed by atoms with E-state index >= 15 is 0 Å². The Kier molecular flexibility index (Phi) is 5.93. The number of hydrogen-bond donors (Lipinski definition) is 1. The number of hydrogen-bond acceptors (Lipinski definition) is 4. The molecule has 0 saturated carbocycles. The van der Waals surface area contributed by atoms with E-state index < -0.39 is 0 Å². The number of carbonyl (C=O) groups excluding carboxylic acids is 1. The summed E-state index contributed by atoms with van der Waals surface area (Å²) in [6.07, 6.45) is 2.04. The van der Waals surface area contributed by atoms with E-state index in [9.17, 15) is 4.79 Å². The van der Waals surface area contributed by atoms with E-state index in [1.165, 1.54) is 0 Å². The molecule has 122 valence electrons. The fraction of sp³-hybridized carbons (Fsp3) is 0.278. The van der Waals surface area contributed by atoms with Crippen LogP contribution in [0.1, 0.15) is 24.2 Å². The van der Waals surface area contributed by atoms with Crippen molar-refractivity contribution in [3.8, 4) is 11.5 Å². The zero-order valence-corrected chi connectivity index (χ0v) is 14.6. The van der Waals surface area contributed by atoms with Crippen LogP contribution in [-0.4, -0.2) is 25.4 Å². The van der Waals surface area contributed by atoms with Gasteiger partial charge in [0.15, 0.2) is 11.5 Å². The molecule has 0 bridgehead atoms. The highest BCUT2D eigenvalue weighted by Gasteiger charge is 2.12. The molecule has 0 aliphatic heterocycles. The number of ether oxygens (including phenoxy) is 2. The highest BCUT2D eigenvalue weighted by atomic mass is 32.2. The van der Waals surface area contributed by atoms with Crippen molar-refractivity contribution in [1.29, 1.82) is 0 Å². The van der Waals surface area contributed by atoms with Gasteiger partial charge in [0.1, 0.15) is 0 Å². The van der Waals surface area contributed by atoms with Gasteiger partial charge in [0.05, 0.1) is 13.2 Å². The summed E-state index contributed by atoms with van der Waals surface area (Å²) in [6, 6.07) is 12.9. The molecule has 0 heterocycles. The van der Waals surface area contributed by atoms with Crippen LogP contribution in [0.5, 0.6) is 11.5 Å². The minimum atomic E-state index is -0.183. The predicted octanol–water partition coefficient (Wildman–Crippen LogP) is 4.46. The van der Waals surface area contributed by atoms with Crippen molar-refractivity contribution < 1.29 is 14.3 Å². The van der Waals surface area contributed by atoms with Crippen molar-refractivity contribution in [3.05, 3.63) is 48.0 Å². The summed E-state index contributed by atoms with van der Waals surface area (Å²) in [5.41, 5.74) is 1.29. The van der Waals surface area contributed by atoms with Crippen LogP contribution in [-0.2, 0) is 0 Å². The van der Waals surface area contributed by atoms with Gasteiger partial charge in [-0.15, -0.1) is 11.8 Å². The molecule has 23 heavy (non-hydrogen) atoms. The Balaban J connectivity index is 2.18. The van der Waals surface area contributed by atoms with Gasteiger partial charge in [-0.1, -0.05) is 6.07 Å². The molecule has 0 unspecified atom stereocenters. The van der Waals surface area contributed by atoms with Crippen LogP contribution >= 0.6 is 11.8 Å². The lowest BCUT2D eigenvalue weighted by molar-refractivity contribution is 0.102. The highest BCUT2D eigenvalue weighted by Crippen LogP contribution is 2.29. The van der Waals surface area contributed by atoms with Gasteiger partial charge in [-0.3, -0.25) is 4.79 Å². The smallest absolute Gasteiger partial charge is 0.255 e. The average molecular weight is 331 g/mol. The first-order chi connectivity index (χ1) is 11.0.